The number of carbonyl (C=O) groups excluding carboxylic acids is 1. The van der Waals surface area contributed by atoms with E-state index in [-0.39, 0.29) is 11.9 Å². The van der Waals surface area contributed by atoms with Gasteiger partial charge in [0.15, 0.2) is 0 Å². The average Bonchev–Trinajstić information content (AvgIpc) is 3.12. The second-order valence-corrected chi connectivity index (χ2v) is 7.04. The standard InChI is InChI=1S/C22H24N4O/c1-25-14-12-23-22(25)21(18-8-3-2-4-9-18)24-20(27)16-26-13-11-17-7-5-6-10-19(17)15-26/h2-10,12,14,21H,11,13,15-16H2,1H3,(H,24,27)/t21-/m0/s1. The summed E-state index contributed by atoms with van der Waals surface area (Å²) in [4.78, 5) is 19.5. The zero-order valence-electron chi connectivity index (χ0n) is 15.5. The van der Waals surface area contributed by atoms with Crippen molar-refractivity contribution < 1.29 is 4.79 Å². The molecule has 138 valence electrons. The summed E-state index contributed by atoms with van der Waals surface area (Å²) in [6.07, 6.45) is 4.66. The van der Waals surface area contributed by atoms with Gasteiger partial charge in [-0.25, -0.2) is 4.98 Å². The fourth-order valence-corrected chi connectivity index (χ4v) is 3.70. The number of imidazole rings is 1. The first-order chi connectivity index (χ1) is 13.2. The van der Waals surface area contributed by atoms with Gasteiger partial charge >= 0.3 is 0 Å². The molecule has 27 heavy (non-hydrogen) atoms. The molecule has 2 aromatic carbocycles. The lowest BCUT2D eigenvalue weighted by Crippen LogP contribution is -2.41. The average molecular weight is 360 g/mol. The highest BCUT2D eigenvalue weighted by molar-refractivity contribution is 5.79. The second-order valence-electron chi connectivity index (χ2n) is 7.04. The zero-order chi connectivity index (χ0) is 18.6. The molecule has 1 amide bonds. The van der Waals surface area contributed by atoms with Gasteiger partial charge in [-0.3, -0.25) is 9.69 Å². The Balaban J connectivity index is 1.47. The topological polar surface area (TPSA) is 50.2 Å². The van der Waals surface area contributed by atoms with Gasteiger partial charge in [-0.05, 0) is 23.1 Å². The van der Waals surface area contributed by atoms with Crippen molar-refractivity contribution in [1.82, 2.24) is 19.8 Å². The van der Waals surface area contributed by atoms with Gasteiger partial charge < -0.3 is 9.88 Å². The molecular weight excluding hydrogens is 336 g/mol. The summed E-state index contributed by atoms with van der Waals surface area (Å²) in [5, 5.41) is 3.18. The molecule has 1 aliphatic heterocycles. The van der Waals surface area contributed by atoms with Crippen LogP contribution in [0.25, 0.3) is 0 Å². The van der Waals surface area contributed by atoms with E-state index in [4.69, 9.17) is 0 Å². The Kier molecular flexibility index (Phi) is 5.03. The molecule has 5 nitrogen and oxygen atoms in total. The molecule has 0 aliphatic carbocycles. The van der Waals surface area contributed by atoms with Crippen LogP contribution >= 0.6 is 0 Å². The molecule has 0 saturated heterocycles. The quantitative estimate of drug-likeness (QED) is 0.761. The molecule has 0 radical (unpaired) electrons. The van der Waals surface area contributed by atoms with Gasteiger partial charge in [0, 0.05) is 32.5 Å². The maximum absolute atomic E-state index is 12.8. The Hall–Kier alpha value is -2.92. The highest BCUT2D eigenvalue weighted by Gasteiger charge is 2.23. The van der Waals surface area contributed by atoms with Crippen LogP contribution in [-0.4, -0.2) is 33.4 Å². The number of carbonyl (C=O) groups is 1. The van der Waals surface area contributed by atoms with Crippen molar-refractivity contribution in [2.45, 2.75) is 19.0 Å². The number of nitrogens with zero attached hydrogens (tertiary/aromatic N) is 3. The van der Waals surface area contributed by atoms with Crippen LogP contribution in [-0.2, 0) is 24.8 Å². The first kappa shape index (κ1) is 17.5. The summed E-state index contributed by atoms with van der Waals surface area (Å²) < 4.78 is 1.95. The maximum atomic E-state index is 12.8. The van der Waals surface area contributed by atoms with Gasteiger partial charge in [0.2, 0.25) is 5.91 Å². The summed E-state index contributed by atoms with van der Waals surface area (Å²) in [5.41, 5.74) is 3.74. The molecule has 1 aliphatic rings. The van der Waals surface area contributed by atoms with Crippen molar-refractivity contribution in [3.05, 3.63) is 89.5 Å². The van der Waals surface area contributed by atoms with Crippen molar-refractivity contribution in [1.29, 1.82) is 0 Å². The normalized spacial score (nSPS) is 15.1. The zero-order valence-corrected chi connectivity index (χ0v) is 15.5. The maximum Gasteiger partial charge on any atom is 0.235 e. The van der Waals surface area contributed by atoms with E-state index < -0.39 is 0 Å². The molecule has 1 N–H and O–H groups in total. The number of hydrogen-bond donors (Lipinski definition) is 1. The van der Waals surface area contributed by atoms with Crippen LogP contribution in [0.5, 0.6) is 0 Å². The molecule has 4 rings (SSSR count). The molecular formula is C22H24N4O. The molecule has 3 aromatic rings. The van der Waals surface area contributed by atoms with Gasteiger partial charge in [0.05, 0.1) is 6.54 Å². The predicted molar refractivity (Wildman–Crippen MR) is 105 cm³/mol. The van der Waals surface area contributed by atoms with Crippen LogP contribution in [0, 0.1) is 0 Å². The Morgan fingerprint density at radius 1 is 1.11 bits per heavy atom. The van der Waals surface area contributed by atoms with Crippen molar-refractivity contribution in [2.75, 3.05) is 13.1 Å². The number of hydrogen-bond acceptors (Lipinski definition) is 3. The van der Waals surface area contributed by atoms with Gasteiger partial charge in [0.1, 0.15) is 11.9 Å². The number of aromatic nitrogens is 2. The van der Waals surface area contributed by atoms with Crippen LogP contribution in [0.4, 0.5) is 0 Å². The molecule has 0 spiro atoms. The third-order valence-electron chi connectivity index (χ3n) is 5.13. The van der Waals surface area contributed by atoms with Crippen molar-refractivity contribution >= 4 is 5.91 Å². The monoisotopic (exact) mass is 360 g/mol. The highest BCUT2D eigenvalue weighted by Crippen LogP contribution is 2.21. The number of benzene rings is 2. The van der Waals surface area contributed by atoms with Gasteiger partial charge in [-0.2, -0.15) is 0 Å². The Morgan fingerprint density at radius 3 is 2.59 bits per heavy atom. The van der Waals surface area contributed by atoms with E-state index >= 15 is 0 Å². The number of fused-ring (bicyclic) bond motifs is 1. The van der Waals surface area contributed by atoms with Crippen molar-refractivity contribution in [3.63, 3.8) is 0 Å². The van der Waals surface area contributed by atoms with Gasteiger partial charge in [0.25, 0.3) is 0 Å². The lowest BCUT2D eigenvalue weighted by molar-refractivity contribution is -0.123. The number of rotatable bonds is 5. The van der Waals surface area contributed by atoms with E-state index in [0.29, 0.717) is 6.54 Å². The van der Waals surface area contributed by atoms with Crippen molar-refractivity contribution in [3.8, 4) is 0 Å². The molecule has 0 fully saturated rings. The summed E-state index contributed by atoms with van der Waals surface area (Å²) in [6, 6.07) is 18.2. The summed E-state index contributed by atoms with van der Waals surface area (Å²) in [6.45, 7) is 2.12. The minimum atomic E-state index is -0.254. The molecule has 0 bridgehead atoms. The van der Waals surface area contributed by atoms with Crippen LogP contribution in [0.15, 0.2) is 67.0 Å². The van der Waals surface area contributed by atoms with E-state index in [2.05, 4.69) is 39.5 Å². The fourth-order valence-electron chi connectivity index (χ4n) is 3.70. The van der Waals surface area contributed by atoms with E-state index in [1.54, 1.807) is 6.20 Å². The van der Waals surface area contributed by atoms with Gasteiger partial charge in [-0.1, -0.05) is 54.6 Å². The molecule has 0 saturated carbocycles. The van der Waals surface area contributed by atoms with E-state index in [1.807, 2.05) is 48.1 Å². The lowest BCUT2D eigenvalue weighted by atomic mass is 10.00. The fraction of sp³-hybridized carbons (Fsp3) is 0.273. The minimum Gasteiger partial charge on any atom is -0.341 e. The first-order valence-corrected chi connectivity index (χ1v) is 9.31. The summed E-state index contributed by atoms with van der Waals surface area (Å²) in [7, 11) is 1.95. The SMILES string of the molecule is Cn1ccnc1[C@@H](NC(=O)CN1CCc2ccccc2C1)c1ccccc1. The largest absolute Gasteiger partial charge is 0.341 e. The van der Waals surface area contributed by atoms with Crippen LogP contribution in [0.3, 0.4) is 0 Å². The third-order valence-corrected chi connectivity index (χ3v) is 5.13. The number of nitrogens with one attached hydrogen (secondary N) is 1. The number of amides is 1. The number of aryl methyl sites for hydroxylation is 1. The summed E-state index contributed by atoms with van der Waals surface area (Å²) in [5.74, 6) is 0.852. The van der Waals surface area contributed by atoms with E-state index in [1.165, 1.54) is 11.1 Å². The molecule has 1 atom stereocenters. The predicted octanol–water partition coefficient (Wildman–Crippen LogP) is 2.68. The molecule has 1 aromatic heterocycles. The van der Waals surface area contributed by atoms with Gasteiger partial charge in [-0.15, -0.1) is 0 Å². The smallest absolute Gasteiger partial charge is 0.235 e. The highest BCUT2D eigenvalue weighted by atomic mass is 16.2. The lowest BCUT2D eigenvalue weighted by Gasteiger charge is -2.29. The minimum absolute atomic E-state index is 0.0197. The van der Waals surface area contributed by atoms with E-state index in [0.717, 1.165) is 30.9 Å². The first-order valence-electron chi connectivity index (χ1n) is 9.31. The third kappa shape index (κ3) is 3.93. The summed E-state index contributed by atoms with van der Waals surface area (Å²) >= 11 is 0. The molecule has 0 unspecified atom stereocenters. The second kappa shape index (κ2) is 7.76. The van der Waals surface area contributed by atoms with Crippen LogP contribution in [0.2, 0.25) is 0 Å². The van der Waals surface area contributed by atoms with Crippen molar-refractivity contribution in [2.24, 2.45) is 7.05 Å². The molecule has 5 heteroatoms. The van der Waals surface area contributed by atoms with E-state index in [9.17, 15) is 4.79 Å². The Morgan fingerprint density at radius 2 is 1.85 bits per heavy atom. The van der Waals surface area contributed by atoms with Crippen LogP contribution < -0.4 is 5.32 Å². The van der Waals surface area contributed by atoms with Crippen LogP contribution in [0.1, 0.15) is 28.6 Å². The Bertz CT molecular complexity index is 919. The molecule has 2 heterocycles. The Labute approximate surface area is 159 Å².